The van der Waals surface area contributed by atoms with Gasteiger partial charge in [0.15, 0.2) is 11.5 Å². The second kappa shape index (κ2) is 5.48. The molecule has 1 aliphatic carbocycles. The third-order valence-electron chi connectivity index (χ3n) is 3.79. The quantitative estimate of drug-likeness (QED) is 0.821. The van der Waals surface area contributed by atoms with Crippen molar-refractivity contribution < 1.29 is 19.4 Å². The van der Waals surface area contributed by atoms with Gasteiger partial charge in [-0.3, -0.25) is 0 Å². The number of hydrogen-bond donors (Lipinski definition) is 2. The molecule has 0 spiro atoms. The Morgan fingerprint density at radius 1 is 1.42 bits per heavy atom. The molecule has 1 fully saturated rings. The maximum absolute atomic E-state index is 10.9. The van der Waals surface area contributed by atoms with Crippen molar-refractivity contribution in [2.24, 2.45) is 11.1 Å². The van der Waals surface area contributed by atoms with Gasteiger partial charge in [-0.05, 0) is 31.0 Å². The number of hydrogen-bond acceptors (Lipinski definition) is 4. The van der Waals surface area contributed by atoms with Gasteiger partial charge in [-0.2, -0.15) is 0 Å². The van der Waals surface area contributed by atoms with Crippen LogP contribution in [0.25, 0.3) is 0 Å². The van der Waals surface area contributed by atoms with Crippen LogP contribution >= 0.6 is 0 Å². The molecule has 1 saturated carbocycles. The first-order valence-corrected chi connectivity index (χ1v) is 6.34. The average molecular weight is 265 g/mol. The summed E-state index contributed by atoms with van der Waals surface area (Å²) < 4.78 is 10.9. The van der Waals surface area contributed by atoms with Crippen molar-refractivity contribution in [1.82, 2.24) is 0 Å². The van der Waals surface area contributed by atoms with E-state index in [0.29, 0.717) is 24.7 Å². The first kappa shape index (κ1) is 13.7. The molecule has 0 aromatic heterocycles. The minimum Gasteiger partial charge on any atom is -0.493 e. The van der Waals surface area contributed by atoms with Crippen molar-refractivity contribution in [2.45, 2.75) is 19.3 Å². The highest BCUT2D eigenvalue weighted by atomic mass is 16.5. The number of methoxy groups -OCH3 is 1. The number of carboxylic acids is 1. The fourth-order valence-corrected chi connectivity index (χ4v) is 2.23. The van der Waals surface area contributed by atoms with Gasteiger partial charge in [0, 0.05) is 12.0 Å². The largest absolute Gasteiger partial charge is 0.493 e. The first-order chi connectivity index (χ1) is 9.10. The summed E-state index contributed by atoms with van der Waals surface area (Å²) in [5.41, 5.74) is 6.04. The third-order valence-corrected chi connectivity index (χ3v) is 3.79. The van der Waals surface area contributed by atoms with Crippen molar-refractivity contribution in [1.29, 1.82) is 0 Å². The molecular formula is C14H19NO4. The molecule has 0 saturated heterocycles. The zero-order valence-electron chi connectivity index (χ0n) is 11.0. The summed E-state index contributed by atoms with van der Waals surface area (Å²) in [7, 11) is 1.50. The monoisotopic (exact) mass is 265 g/mol. The molecule has 0 unspecified atom stereocenters. The van der Waals surface area contributed by atoms with Crippen LogP contribution in [0.3, 0.4) is 0 Å². The molecule has 0 radical (unpaired) electrons. The van der Waals surface area contributed by atoms with Gasteiger partial charge < -0.3 is 20.3 Å². The van der Waals surface area contributed by atoms with Crippen molar-refractivity contribution in [2.75, 3.05) is 20.3 Å². The number of rotatable bonds is 6. The Balaban J connectivity index is 2.09. The molecule has 1 aromatic rings. The van der Waals surface area contributed by atoms with Crippen molar-refractivity contribution in [3.05, 3.63) is 23.8 Å². The van der Waals surface area contributed by atoms with Gasteiger partial charge in [-0.25, -0.2) is 4.79 Å². The van der Waals surface area contributed by atoms with E-state index in [4.69, 9.17) is 20.3 Å². The van der Waals surface area contributed by atoms with Gasteiger partial charge in [0.2, 0.25) is 0 Å². The van der Waals surface area contributed by atoms with E-state index in [-0.39, 0.29) is 11.0 Å². The Morgan fingerprint density at radius 3 is 2.63 bits per heavy atom. The molecule has 5 heteroatoms. The lowest BCUT2D eigenvalue weighted by Crippen LogP contribution is -2.42. The Morgan fingerprint density at radius 2 is 2.16 bits per heavy atom. The van der Waals surface area contributed by atoms with Gasteiger partial charge in [0.05, 0.1) is 19.3 Å². The summed E-state index contributed by atoms with van der Waals surface area (Å²) in [4.78, 5) is 10.9. The minimum atomic E-state index is -0.984. The molecule has 3 N–H and O–H groups in total. The summed E-state index contributed by atoms with van der Waals surface area (Å²) in [6.07, 6.45) is 3.35. The van der Waals surface area contributed by atoms with E-state index in [9.17, 15) is 4.79 Å². The zero-order valence-corrected chi connectivity index (χ0v) is 11.0. The molecule has 1 aromatic carbocycles. The predicted molar refractivity (Wildman–Crippen MR) is 70.8 cm³/mol. The van der Waals surface area contributed by atoms with E-state index in [1.807, 2.05) is 0 Å². The van der Waals surface area contributed by atoms with E-state index in [1.54, 1.807) is 6.07 Å². The number of aromatic carboxylic acids is 1. The molecule has 0 aliphatic heterocycles. The van der Waals surface area contributed by atoms with E-state index in [1.165, 1.54) is 25.7 Å². The van der Waals surface area contributed by atoms with Crippen LogP contribution < -0.4 is 15.2 Å². The van der Waals surface area contributed by atoms with E-state index in [2.05, 4.69) is 0 Å². The molecule has 1 aliphatic rings. The topological polar surface area (TPSA) is 81.8 Å². The molecule has 0 atom stereocenters. The Kier molecular flexibility index (Phi) is 3.95. The number of ether oxygens (including phenoxy) is 2. The maximum Gasteiger partial charge on any atom is 0.335 e. The fourth-order valence-electron chi connectivity index (χ4n) is 2.23. The van der Waals surface area contributed by atoms with Crippen LogP contribution in [0, 0.1) is 5.41 Å². The molecule has 104 valence electrons. The smallest absolute Gasteiger partial charge is 0.335 e. The van der Waals surface area contributed by atoms with Crippen LogP contribution in [0.2, 0.25) is 0 Å². The maximum atomic E-state index is 10.9. The van der Waals surface area contributed by atoms with E-state index in [0.717, 1.165) is 12.8 Å². The molecule has 0 amide bonds. The molecular weight excluding hydrogens is 246 g/mol. The summed E-state index contributed by atoms with van der Waals surface area (Å²) in [6.45, 7) is 1.16. The summed E-state index contributed by atoms with van der Waals surface area (Å²) in [6, 6.07) is 4.61. The van der Waals surface area contributed by atoms with Gasteiger partial charge in [0.25, 0.3) is 0 Å². The second-order valence-corrected chi connectivity index (χ2v) is 5.02. The van der Waals surface area contributed by atoms with Crippen LogP contribution in [-0.2, 0) is 0 Å². The molecule has 0 bridgehead atoms. The third kappa shape index (κ3) is 2.81. The number of carboxylic acid groups (broad SMARTS) is 1. The summed E-state index contributed by atoms with van der Waals surface area (Å²) >= 11 is 0. The standard InChI is InChI=1S/C14H19NO4/c1-18-12-7-10(13(16)17)3-4-11(12)19-9-14(8-15)5-2-6-14/h3-4,7H,2,5-6,8-9,15H2,1H3,(H,16,17). The van der Waals surface area contributed by atoms with Crippen LogP contribution in [0.1, 0.15) is 29.6 Å². The lowest BCUT2D eigenvalue weighted by molar-refractivity contribution is 0.0649. The van der Waals surface area contributed by atoms with E-state index < -0.39 is 5.97 Å². The SMILES string of the molecule is COc1cc(C(=O)O)ccc1OCC1(CN)CCC1. The molecule has 5 nitrogen and oxygen atoms in total. The molecule has 2 rings (SSSR count). The van der Waals surface area contributed by atoms with Crippen molar-refractivity contribution >= 4 is 5.97 Å². The van der Waals surface area contributed by atoms with Gasteiger partial charge >= 0.3 is 5.97 Å². The highest BCUT2D eigenvalue weighted by molar-refractivity contribution is 5.88. The lowest BCUT2D eigenvalue weighted by Gasteiger charge is -2.40. The van der Waals surface area contributed by atoms with Crippen LogP contribution in [-0.4, -0.2) is 31.3 Å². The van der Waals surface area contributed by atoms with Crippen LogP contribution in [0.4, 0.5) is 0 Å². The Bertz CT molecular complexity index is 463. The highest BCUT2D eigenvalue weighted by Gasteiger charge is 2.36. The second-order valence-electron chi connectivity index (χ2n) is 5.02. The van der Waals surface area contributed by atoms with Gasteiger partial charge in [-0.15, -0.1) is 0 Å². The average Bonchev–Trinajstić information content (AvgIpc) is 2.37. The number of carbonyl (C=O) groups is 1. The summed E-state index contributed by atoms with van der Waals surface area (Å²) in [5, 5.41) is 8.93. The lowest BCUT2D eigenvalue weighted by atomic mass is 9.69. The van der Waals surface area contributed by atoms with E-state index >= 15 is 0 Å². The van der Waals surface area contributed by atoms with Crippen molar-refractivity contribution in [3.63, 3.8) is 0 Å². The Labute approximate surface area is 112 Å². The number of nitrogens with two attached hydrogens (primary N) is 1. The van der Waals surface area contributed by atoms with Crippen LogP contribution in [0.5, 0.6) is 11.5 Å². The minimum absolute atomic E-state index is 0.0798. The normalized spacial score (nSPS) is 16.5. The number of benzene rings is 1. The molecule has 19 heavy (non-hydrogen) atoms. The zero-order chi connectivity index (χ0) is 13.9. The summed E-state index contributed by atoms with van der Waals surface area (Å²) in [5.74, 6) is 0.0147. The fraction of sp³-hybridized carbons (Fsp3) is 0.500. The Hall–Kier alpha value is -1.75. The van der Waals surface area contributed by atoms with Gasteiger partial charge in [-0.1, -0.05) is 6.42 Å². The van der Waals surface area contributed by atoms with Gasteiger partial charge in [0.1, 0.15) is 0 Å². The first-order valence-electron chi connectivity index (χ1n) is 6.34. The van der Waals surface area contributed by atoms with Crippen molar-refractivity contribution in [3.8, 4) is 11.5 Å². The van der Waals surface area contributed by atoms with Crippen LogP contribution in [0.15, 0.2) is 18.2 Å². The highest BCUT2D eigenvalue weighted by Crippen LogP contribution is 2.41. The predicted octanol–water partition coefficient (Wildman–Crippen LogP) is 1.90. The molecule has 0 heterocycles.